The zero-order valence-corrected chi connectivity index (χ0v) is 13.9. The maximum absolute atomic E-state index is 5.78. The summed E-state index contributed by atoms with van der Waals surface area (Å²) in [6.45, 7) is 2.05. The summed E-state index contributed by atoms with van der Waals surface area (Å²) in [6.07, 6.45) is 0. The lowest BCUT2D eigenvalue weighted by atomic mass is 9.97. The maximum atomic E-state index is 5.78. The van der Waals surface area contributed by atoms with Gasteiger partial charge in [0.25, 0.3) is 0 Å². The Kier molecular flexibility index (Phi) is 5.22. The van der Waals surface area contributed by atoms with Crippen LogP contribution in [0.15, 0.2) is 40.9 Å². The second kappa shape index (κ2) is 6.93. The van der Waals surface area contributed by atoms with Gasteiger partial charge >= 0.3 is 0 Å². The van der Waals surface area contributed by atoms with Crippen LogP contribution in [0.2, 0.25) is 0 Å². The molecule has 0 aliphatic heterocycles. The molecule has 2 rings (SSSR count). The molecule has 3 N–H and O–H groups in total. The molecule has 1 atom stereocenters. The first-order valence-electron chi connectivity index (χ1n) is 6.55. The first-order valence-corrected chi connectivity index (χ1v) is 7.34. The molecule has 0 radical (unpaired) electrons. The van der Waals surface area contributed by atoms with Crippen LogP contribution in [-0.4, -0.2) is 14.2 Å². The number of nitrogens with one attached hydrogen (secondary N) is 1. The molecule has 0 aromatic heterocycles. The number of methoxy groups -OCH3 is 2. The number of halogens is 1. The van der Waals surface area contributed by atoms with Gasteiger partial charge in [-0.05, 0) is 40.5 Å². The molecule has 0 fully saturated rings. The minimum Gasteiger partial charge on any atom is -0.495 e. The van der Waals surface area contributed by atoms with E-state index in [1.165, 1.54) is 5.56 Å². The second-order valence-electron chi connectivity index (χ2n) is 4.72. The van der Waals surface area contributed by atoms with Gasteiger partial charge in [-0.25, -0.2) is 5.43 Å². The summed E-state index contributed by atoms with van der Waals surface area (Å²) in [5.74, 6) is 7.20. The Balaban J connectivity index is 2.55. The van der Waals surface area contributed by atoms with Crippen molar-refractivity contribution in [2.45, 2.75) is 13.0 Å². The monoisotopic (exact) mass is 350 g/mol. The fourth-order valence-corrected chi connectivity index (χ4v) is 3.05. The van der Waals surface area contributed by atoms with Crippen molar-refractivity contribution < 1.29 is 9.47 Å². The van der Waals surface area contributed by atoms with Crippen molar-refractivity contribution in [3.05, 3.63) is 57.6 Å². The molecule has 1 unspecified atom stereocenters. The van der Waals surface area contributed by atoms with Gasteiger partial charge in [0, 0.05) is 5.56 Å². The SMILES string of the molecule is COc1ccc(C(NN)c2cccc(C)c2)c(OC)c1Br. The summed E-state index contributed by atoms with van der Waals surface area (Å²) >= 11 is 3.52. The van der Waals surface area contributed by atoms with E-state index in [-0.39, 0.29) is 6.04 Å². The first kappa shape index (κ1) is 15.8. The van der Waals surface area contributed by atoms with E-state index >= 15 is 0 Å². The molecule has 0 aliphatic rings. The van der Waals surface area contributed by atoms with Crippen LogP contribution in [0, 0.1) is 6.92 Å². The fraction of sp³-hybridized carbons (Fsp3) is 0.250. The summed E-state index contributed by atoms with van der Waals surface area (Å²) in [7, 11) is 3.26. The molecule has 0 saturated heterocycles. The van der Waals surface area contributed by atoms with Crippen molar-refractivity contribution in [1.82, 2.24) is 5.43 Å². The van der Waals surface area contributed by atoms with Crippen molar-refractivity contribution >= 4 is 15.9 Å². The van der Waals surface area contributed by atoms with Gasteiger partial charge in [0.2, 0.25) is 0 Å². The zero-order valence-electron chi connectivity index (χ0n) is 12.3. The third-order valence-electron chi connectivity index (χ3n) is 3.37. The molecule has 0 saturated carbocycles. The highest BCUT2D eigenvalue weighted by molar-refractivity contribution is 9.10. The quantitative estimate of drug-likeness (QED) is 0.641. The van der Waals surface area contributed by atoms with Crippen molar-refractivity contribution in [3.8, 4) is 11.5 Å². The second-order valence-corrected chi connectivity index (χ2v) is 5.51. The predicted octanol–water partition coefficient (Wildman–Crippen LogP) is 3.33. The molecule has 0 aliphatic carbocycles. The van der Waals surface area contributed by atoms with E-state index in [1.807, 2.05) is 24.3 Å². The molecule has 0 amide bonds. The number of nitrogens with two attached hydrogens (primary N) is 1. The molecule has 0 spiro atoms. The maximum Gasteiger partial charge on any atom is 0.141 e. The highest BCUT2D eigenvalue weighted by atomic mass is 79.9. The number of hydrogen-bond donors (Lipinski definition) is 2. The fourth-order valence-electron chi connectivity index (χ4n) is 2.36. The highest BCUT2D eigenvalue weighted by Gasteiger charge is 2.21. The standard InChI is InChI=1S/C16H19BrN2O2/c1-10-5-4-6-11(9-10)15(19-18)12-7-8-13(20-2)14(17)16(12)21-3/h4-9,15,19H,18H2,1-3H3. The topological polar surface area (TPSA) is 56.5 Å². The summed E-state index contributed by atoms with van der Waals surface area (Å²) < 4.78 is 11.6. The Hall–Kier alpha value is -1.56. The molecule has 112 valence electrons. The van der Waals surface area contributed by atoms with Crippen molar-refractivity contribution in [1.29, 1.82) is 0 Å². The van der Waals surface area contributed by atoms with Gasteiger partial charge in [0.1, 0.15) is 16.0 Å². The van der Waals surface area contributed by atoms with Gasteiger partial charge in [0.15, 0.2) is 0 Å². The van der Waals surface area contributed by atoms with Crippen molar-refractivity contribution in [2.24, 2.45) is 5.84 Å². The summed E-state index contributed by atoms with van der Waals surface area (Å²) in [6, 6.07) is 11.9. The van der Waals surface area contributed by atoms with Crippen LogP contribution in [0.1, 0.15) is 22.7 Å². The Labute approximate surface area is 133 Å². The molecular weight excluding hydrogens is 332 g/mol. The van der Waals surface area contributed by atoms with Crippen LogP contribution < -0.4 is 20.7 Å². The molecule has 0 heterocycles. The minimum absolute atomic E-state index is 0.165. The highest BCUT2D eigenvalue weighted by Crippen LogP contribution is 2.41. The lowest BCUT2D eigenvalue weighted by Crippen LogP contribution is -2.29. The van der Waals surface area contributed by atoms with Gasteiger partial charge in [-0.1, -0.05) is 29.8 Å². The largest absolute Gasteiger partial charge is 0.495 e. The van der Waals surface area contributed by atoms with Crippen LogP contribution in [0.4, 0.5) is 0 Å². The van der Waals surface area contributed by atoms with Gasteiger partial charge in [-0.15, -0.1) is 0 Å². The molecule has 21 heavy (non-hydrogen) atoms. The third kappa shape index (κ3) is 3.20. The van der Waals surface area contributed by atoms with Crippen LogP contribution >= 0.6 is 15.9 Å². The smallest absolute Gasteiger partial charge is 0.141 e. The van der Waals surface area contributed by atoms with Crippen molar-refractivity contribution in [3.63, 3.8) is 0 Å². The lowest BCUT2D eigenvalue weighted by molar-refractivity contribution is 0.383. The molecule has 2 aromatic rings. The van der Waals surface area contributed by atoms with E-state index in [0.29, 0.717) is 5.75 Å². The van der Waals surface area contributed by atoms with E-state index in [9.17, 15) is 0 Å². The molecule has 4 nitrogen and oxygen atoms in total. The van der Waals surface area contributed by atoms with E-state index < -0.39 is 0 Å². The summed E-state index contributed by atoms with van der Waals surface area (Å²) in [5.41, 5.74) is 6.06. The van der Waals surface area contributed by atoms with Crippen molar-refractivity contribution in [2.75, 3.05) is 14.2 Å². The average molecular weight is 351 g/mol. The number of ether oxygens (including phenoxy) is 2. The normalized spacial score (nSPS) is 12.0. The van der Waals surface area contributed by atoms with Gasteiger partial charge in [-0.3, -0.25) is 5.84 Å². The Morgan fingerprint density at radius 3 is 2.48 bits per heavy atom. The lowest BCUT2D eigenvalue weighted by Gasteiger charge is -2.21. The van der Waals surface area contributed by atoms with Gasteiger partial charge in [-0.2, -0.15) is 0 Å². The molecule has 2 aromatic carbocycles. The Bertz CT molecular complexity index is 632. The van der Waals surface area contributed by atoms with E-state index in [0.717, 1.165) is 21.3 Å². The molecular formula is C16H19BrN2O2. The van der Waals surface area contributed by atoms with Crippen LogP contribution in [0.25, 0.3) is 0 Å². The molecule has 5 heteroatoms. The number of benzene rings is 2. The van der Waals surface area contributed by atoms with Gasteiger partial charge in [0.05, 0.1) is 20.3 Å². The Morgan fingerprint density at radius 1 is 1.14 bits per heavy atom. The summed E-state index contributed by atoms with van der Waals surface area (Å²) in [5, 5.41) is 0. The minimum atomic E-state index is -0.165. The number of rotatable bonds is 5. The third-order valence-corrected chi connectivity index (χ3v) is 4.12. The van der Waals surface area contributed by atoms with E-state index in [4.69, 9.17) is 15.3 Å². The summed E-state index contributed by atoms with van der Waals surface area (Å²) in [4.78, 5) is 0. The van der Waals surface area contributed by atoms with Crippen LogP contribution in [0.5, 0.6) is 11.5 Å². The number of aryl methyl sites for hydroxylation is 1. The zero-order chi connectivity index (χ0) is 15.4. The van der Waals surface area contributed by atoms with Crippen LogP contribution in [-0.2, 0) is 0 Å². The molecule has 0 bridgehead atoms. The Morgan fingerprint density at radius 2 is 1.90 bits per heavy atom. The number of hydrogen-bond acceptors (Lipinski definition) is 4. The van der Waals surface area contributed by atoms with E-state index in [2.05, 4.69) is 40.4 Å². The van der Waals surface area contributed by atoms with Gasteiger partial charge < -0.3 is 9.47 Å². The number of hydrazine groups is 1. The van der Waals surface area contributed by atoms with E-state index in [1.54, 1.807) is 14.2 Å². The average Bonchev–Trinajstić information content (AvgIpc) is 2.48. The predicted molar refractivity (Wildman–Crippen MR) is 87.6 cm³/mol. The van der Waals surface area contributed by atoms with Crippen LogP contribution in [0.3, 0.4) is 0 Å². The first-order chi connectivity index (χ1) is 10.1.